The Morgan fingerprint density at radius 3 is 2.40 bits per heavy atom. The van der Waals surface area contributed by atoms with Crippen LogP contribution in [0.4, 0.5) is 0 Å². The van der Waals surface area contributed by atoms with Gasteiger partial charge >= 0.3 is 5.97 Å². The minimum Gasteiger partial charge on any atom is -0.479 e. The van der Waals surface area contributed by atoms with Crippen LogP contribution in [-0.2, 0) is 14.3 Å². The molecule has 0 rings (SSSR count). The van der Waals surface area contributed by atoms with Gasteiger partial charge in [-0.15, -0.1) is 0 Å². The zero-order valence-corrected chi connectivity index (χ0v) is 11.5. The molecule has 0 aliphatic carbocycles. The third-order valence-corrected chi connectivity index (χ3v) is 2.55. The van der Waals surface area contributed by atoms with Crippen LogP contribution in [0.5, 0.6) is 0 Å². The number of rotatable bonds is 3. The SMILES string of the molecule is CCOC(=S)SC(C)OC(=O)C(C)(C)C. The van der Waals surface area contributed by atoms with E-state index in [1.54, 1.807) is 6.92 Å². The van der Waals surface area contributed by atoms with Crippen molar-refractivity contribution in [3.05, 3.63) is 0 Å². The fourth-order valence-corrected chi connectivity index (χ4v) is 1.76. The van der Waals surface area contributed by atoms with E-state index in [0.717, 1.165) is 0 Å². The number of hydrogen-bond acceptors (Lipinski definition) is 5. The standard InChI is InChI=1S/C10H18O3S2/c1-6-12-9(14)15-7(2)13-8(11)10(3,4)5/h7H,6H2,1-5H3. The third-order valence-electron chi connectivity index (χ3n) is 1.41. The van der Waals surface area contributed by atoms with Crippen LogP contribution in [0.25, 0.3) is 0 Å². The molecule has 5 heteroatoms. The summed E-state index contributed by atoms with van der Waals surface area (Å²) in [6.07, 6.45) is 0. The highest BCUT2D eigenvalue weighted by Crippen LogP contribution is 2.21. The van der Waals surface area contributed by atoms with Crippen molar-refractivity contribution >= 4 is 34.3 Å². The minimum absolute atomic E-state index is 0.234. The summed E-state index contributed by atoms with van der Waals surface area (Å²) < 4.78 is 10.7. The lowest BCUT2D eigenvalue weighted by molar-refractivity contribution is -0.153. The lowest BCUT2D eigenvalue weighted by atomic mass is 9.97. The van der Waals surface area contributed by atoms with Crippen LogP contribution in [0.1, 0.15) is 34.6 Å². The molecular formula is C10H18O3S2. The van der Waals surface area contributed by atoms with E-state index >= 15 is 0 Å². The van der Waals surface area contributed by atoms with Crippen LogP contribution in [-0.4, -0.2) is 22.4 Å². The smallest absolute Gasteiger partial charge is 0.312 e. The molecular weight excluding hydrogens is 232 g/mol. The van der Waals surface area contributed by atoms with Gasteiger partial charge in [-0.3, -0.25) is 4.79 Å². The van der Waals surface area contributed by atoms with Crippen LogP contribution in [0.2, 0.25) is 0 Å². The van der Waals surface area contributed by atoms with Gasteiger partial charge in [0, 0.05) is 0 Å². The van der Waals surface area contributed by atoms with Gasteiger partial charge in [0.2, 0.25) is 4.38 Å². The monoisotopic (exact) mass is 250 g/mol. The summed E-state index contributed by atoms with van der Waals surface area (Å²) in [5, 5.41) is 0. The Morgan fingerprint density at radius 1 is 1.47 bits per heavy atom. The van der Waals surface area contributed by atoms with Gasteiger partial charge in [0.1, 0.15) is 0 Å². The molecule has 1 atom stereocenters. The lowest BCUT2D eigenvalue weighted by Crippen LogP contribution is -2.26. The van der Waals surface area contributed by atoms with E-state index in [1.807, 2.05) is 27.7 Å². The molecule has 0 bridgehead atoms. The number of thioether (sulfide) groups is 1. The molecule has 15 heavy (non-hydrogen) atoms. The van der Waals surface area contributed by atoms with Gasteiger partial charge in [-0.05, 0) is 58.6 Å². The molecule has 3 nitrogen and oxygen atoms in total. The largest absolute Gasteiger partial charge is 0.479 e. The molecule has 1 unspecified atom stereocenters. The van der Waals surface area contributed by atoms with Crippen molar-refractivity contribution in [3.8, 4) is 0 Å². The zero-order chi connectivity index (χ0) is 12.1. The number of esters is 1. The van der Waals surface area contributed by atoms with Crippen LogP contribution >= 0.6 is 24.0 Å². The van der Waals surface area contributed by atoms with Gasteiger partial charge in [-0.1, -0.05) is 0 Å². The van der Waals surface area contributed by atoms with Gasteiger partial charge in [0.05, 0.1) is 12.0 Å². The topological polar surface area (TPSA) is 35.5 Å². The molecule has 0 aliphatic heterocycles. The summed E-state index contributed by atoms with van der Waals surface area (Å²) in [6.45, 7) is 9.61. The summed E-state index contributed by atoms with van der Waals surface area (Å²) in [5.41, 5.74) is -0.794. The molecule has 0 saturated heterocycles. The molecule has 0 aliphatic rings. The summed E-state index contributed by atoms with van der Waals surface area (Å²) in [4.78, 5) is 11.5. The van der Waals surface area contributed by atoms with Crippen molar-refractivity contribution in [2.45, 2.75) is 40.1 Å². The van der Waals surface area contributed by atoms with Crippen molar-refractivity contribution in [1.82, 2.24) is 0 Å². The summed E-state index contributed by atoms with van der Waals surface area (Å²) in [5.74, 6) is -0.234. The summed E-state index contributed by atoms with van der Waals surface area (Å²) in [7, 11) is 0. The highest BCUT2D eigenvalue weighted by molar-refractivity contribution is 8.22. The molecule has 0 amide bonds. The summed E-state index contributed by atoms with van der Waals surface area (Å²) >= 11 is 6.16. The van der Waals surface area contributed by atoms with Gasteiger partial charge in [-0.25, -0.2) is 0 Å². The first kappa shape index (κ1) is 14.7. The quantitative estimate of drug-likeness (QED) is 0.437. The van der Waals surface area contributed by atoms with E-state index in [1.165, 1.54) is 11.8 Å². The Hall–Kier alpha value is -0.290. The molecule has 88 valence electrons. The summed E-state index contributed by atoms with van der Waals surface area (Å²) in [6, 6.07) is 0. The number of carbonyl (C=O) groups is 1. The molecule has 0 N–H and O–H groups in total. The van der Waals surface area contributed by atoms with Gasteiger partial charge < -0.3 is 9.47 Å². The van der Waals surface area contributed by atoms with E-state index in [-0.39, 0.29) is 11.4 Å². The zero-order valence-electron chi connectivity index (χ0n) is 9.83. The van der Waals surface area contributed by atoms with Gasteiger partial charge in [0.15, 0.2) is 5.44 Å². The molecule has 0 fully saturated rings. The van der Waals surface area contributed by atoms with E-state index in [4.69, 9.17) is 21.7 Å². The van der Waals surface area contributed by atoms with Crippen molar-refractivity contribution in [2.24, 2.45) is 5.41 Å². The van der Waals surface area contributed by atoms with E-state index < -0.39 is 5.41 Å². The number of carbonyl (C=O) groups excluding carboxylic acids is 1. The average molecular weight is 250 g/mol. The first-order chi connectivity index (χ1) is 6.77. The third kappa shape index (κ3) is 6.73. The molecule has 0 radical (unpaired) electrons. The van der Waals surface area contributed by atoms with E-state index in [9.17, 15) is 4.79 Å². The fraction of sp³-hybridized carbons (Fsp3) is 0.800. The second kappa shape index (κ2) is 6.33. The molecule has 0 saturated carbocycles. The Labute approximate surface area is 101 Å². The minimum atomic E-state index is -0.484. The van der Waals surface area contributed by atoms with Crippen molar-refractivity contribution in [3.63, 3.8) is 0 Å². The average Bonchev–Trinajstić information content (AvgIpc) is 2.01. The second-order valence-corrected chi connectivity index (χ2v) is 5.92. The molecule has 0 aromatic rings. The van der Waals surface area contributed by atoms with Crippen molar-refractivity contribution in [1.29, 1.82) is 0 Å². The second-order valence-electron chi connectivity index (χ2n) is 4.02. The van der Waals surface area contributed by atoms with Crippen LogP contribution in [0, 0.1) is 5.41 Å². The molecule has 0 spiro atoms. The lowest BCUT2D eigenvalue weighted by Gasteiger charge is -2.20. The predicted octanol–water partition coefficient (Wildman–Crippen LogP) is 2.98. The first-order valence-corrected chi connectivity index (χ1v) is 6.10. The number of ether oxygens (including phenoxy) is 2. The predicted molar refractivity (Wildman–Crippen MR) is 66.8 cm³/mol. The van der Waals surface area contributed by atoms with Crippen LogP contribution in [0.3, 0.4) is 0 Å². The maximum absolute atomic E-state index is 11.5. The maximum Gasteiger partial charge on any atom is 0.312 e. The number of thiocarbonyl (C=S) groups is 1. The maximum atomic E-state index is 11.5. The Kier molecular flexibility index (Phi) is 6.20. The van der Waals surface area contributed by atoms with Gasteiger partial charge in [0.25, 0.3) is 0 Å². The highest BCUT2D eigenvalue weighted by Gasteiger charge is 2.25. The Bertz CT molecular complexity index is 233. The Balaban J connectivity index is 3.99. The van der Waals surface area contributed by atoms with Crippen molar-refractivity contribution < 1.29 is 14.3 Å². The fourth-order valence-electron chi connectivity index (χ4n) is 0.639. The molecule has 0 aromatic carbocycles. The first-order valence-electron chi connectivity index (χ1n) is 4.82. The molecule has 0 aromatic heterocycles. The van der Waals surface area contributed by atoms with E-state index in [0.29, 0.717) is 11.0 Å². The van der Waals surface area contributed by atoms with Crippen LogP contribution < -0.4 is 0 Å². The number of hydrogen-bond donors (Lipinski definition) is 0. The molecule has 0 heterocycles. The Morgan fingerprint density at radius 2 is 2.00 bits per heavy atom. The van der Waals surface area contributed by atoms with E-state index in [2.05, 4.69) is 0 Å². The normalized spacial score (nSPS) is 13.1. The van der Waals surface area contributed by atoms with Crippen LogP contribution in [0.15, 0.2) is 0 Å². The highest BCUT2D eigenvalue weighted by atomic mass is 32.2. The van der Waals surface area contributed by atoms with Gasteiger partial charge in [-0.2, -0.15) is 0 Å². The van der Waals surface area contributed by atoms with Crippen molar-refractivity contribution in [2.75, 3.05) is 6.61 Å².